The van der Waals surface area contributed by atoms with Crippen LogP contribution in [0, 0.1) is 0 Å². The lowest BCUT2D eigenvalue weighted by Gasteiger charge is -2.12. The molecule has 2 rings (SSSR count). The van der Waals surface area contributed by atoms with Gasteiger partial charge >= 0.3 is 0 Å². The van der Waals surface area contributed by atoms with Crippen molar-refractivity contribution >= 4 is 11.6 Å². The van der Waals surface area contributed by atoms with Crippen LogP contribution in [0.5, 0.6) is 5.88 Å². The Bertz CT molecular complexity index is 560. The molecule has 0 saturated heterocycles. The Morgan fingerprint density at radius 2 is 2.05 bits per heavy atom. The zero-order valence-electron chi connectivity index (χ0n) is 11.0. The number of benzene rings is 1. The Morgan fingerprint density at radius 1 is 1.26 bits per heavy atom. The molecule has 1 aromatic heterocycles. The molecule has 0 aliphatic heterocycles. The van der Waals surface area contributed by atoms with E-state index in [1.54, 1.807) is 19.5 Å². The number of nitrogens with one attached hydrogen (secondary N) is 1. The largest absolute Gasteiger partial charge is 0.479 e. The third-order valence-electron chi connectivity index (χ3n) is 2.75. The average molecular weight is 278 g/mol. The van der Waals surface area contributed by atoms with Gasteiger partial charge in [-0.15, -0.1) is 0 Å². The molecule has 1 N–H and O–H groups in total. The van der Waals surface area contributed by atoms with Gasteiger partial charge in [-0.25, -0.2) is 9.97 Å². The third-order valence-corrected chi connectivity index (χ3v) is 2.99. The molecule has 0 aliphatic rings. The smallest absolute Gasteiger partial charge is 0.240 e. The van der Waals surface area contributed by atoms with Gasteiger partial charge in [0.2, 0.25) is 5.88 Å². The molecule has 19 heavy (non-hydrogen) atoms. The summed E-state index contributed by atoms with van der Waals surface area (Å²) < 4.78 is 5.26. The van der Waals surface area contributed by atoms with Gasteiger partial charge in [-0.05, 0) is 24.2 Å². The fourth-order valence-electron chi connectivity index (χ4n) is 1.84. The highest BCUT2D eigenvalue weighted by molar-refractivity contribution is 6.30. The second kappa shape index (κ2) is 6.50. The summed E-state index contributed by atoms with van der Waals surface area (Å²) in [4.78, 5) is 8.53. The van der Waals surface area contributed by atoms with E-state index in [-0.39, 0.29) is 0 Å². The summed E-state index contributed by atoms with van der Waals surface area (Å²) in [6.45, 7) is 3.72. The molecule has 0 amide bonds. The topological polar surface area (TPSA) is 47.0 Å². The van der Waals surface area contributed by atoms with Crippen LogP contribution in [-0.2, 0) is 6.54 Å². The van der Waals surface area contributed by atoms with E-state index in [1.165, 1.54) is 0 Å². The van der Waals surface area contributed by atoms with E-state index in [9.17, 15) is 0 Å². The second-order valence-electron chi connectivity index (χ2n) is 4.00. The van der Waals surface area contributed by atoms with Crippen LogP contribution in [-0.4, -0.2) is 23.6 Å². The first-order valence-electron chi connectivity index (χ1n) is 6.10. The van der Waals surface area contributed by atoms with E-state index in [1.807, 2.05) is 18.2 Å². The van der Waals surface area contributed by atoms with Crippen LogP contribution in [0.25, 0.3) is 11.3 Å². The van der Waals surface area contributed by atoms with Crippen LogP contribution in [0.3, 0.4) is 0 Å². The molecular formula is C14H16ClN3O. The van der Waals surface area contributed by atoms with Crippen molar-refractivity contribution in [2.24, 2.45) is 0 Å². The Hall–Kier alpha value is -1.65. The molecule has 1 aromatic carbocycles. The minimum atomic E-state index is 0.502. The van der Waals surface area contributed by atoms with Crippen molar-refractivity contribution in [3.05, 3.63) is 41.2 Å². The maximum absolute atomic E-state index is 6.09. The molecule has 1 heterocycles. The summed E-state index contributed by atoms with van der Waals surface area (Å²) in [5.74, 6) is 0.502. The molecule has 0 atom stereocenters. The lowest BCUT2D eigenvalue weighted by molar-refractivity contribution is 0.397. The van der Waals surface area contributed by atoms with E-state index in [0.29, 0.717) is 16.6 Å². The van der Waals surface area contributed by atoms with Gasteiger partial charge in [-0.1, -0.05) is 24.6 Å². The first-order valence-corrected chi connectivity index (χ1v) is 6.48. The van der Waals surface area contributed by atoms with Crippen molar-refractivity contribution in [3.63, 3.8) is 0 Å². The maximum atomic E-state index is 6.09. The quantitative estimate of drug-likeness (QED) is 0.913. The van der Waals surface area contributed by atoms with Crippen molar-refractivity contribution in [1.29, 1.82) is 0 Å². The summed E-state index contributed by atoms with van der Waals surface area (Å²) in [6.07, 6.45) is 3.26. The molecule has 0 saturated carbocycles. The van der Waals surface area contributed by atoms with Crippen LogP contribution >= 0.6 is 11.6 Å². The number of aromatic nitrogens is 2. The molecule has 0 spiro atoms. The van der Waals surface area contributed by atoms with Gasteiger partial charge in [-0.2, -0.15) is 0 Å². The first kappa shape index (κ1) is 13.8. The predicted molar refractivity (Wildman–Crippen MR) is 76.4 cm³/mol. The molecule has 5 heteroatoms. The van der Waals surface area contributed by atoms with E-state index >= 15 is 0 Å². The van der Waals surface area contributed by atoms with Gasteiger partial charge in [0, 0.05) is 29.5 Å². The first-order chi connectivity index (χ1) is 9.26. The highest BCUT2D eigenvalue weighted by Crippen LogP contribution is 2.30. The van der Waals surface area contributed by atoms with E-state index < -0.39 is 0 Å². The zero-order chi connectivity index (χ0) is 13.7. The van der Waals surface area contributed by atoms with Crippen molar-refractivity contribution < 1.29 is 4.74 Å². The van der Waals surface area contributed by atoms with Crippen molar-refractivity contribution in [3.8, 4) is 17.1 Å². The molecule has 0 bridgehead atoms. The summed E-state index contributed by atoms with van der Waals surface area (Å²) in [6, 6.07) is 5.76. The van der Waals surface area contributed by atoms with Gasteiger partial charge < -0.3 is 10.1 Å². The maximum Gasteiger partial charge on any atom is 0.240 e. The molecular weight excluding hydrogens is 262 g/mol. The highest BCUT2D eigenvalue weighted by Gasteiger charge is 2.13. The van der Waals surface area contributed by atoms with Crippen LogP contribution in [0.1, 0.15) is 12.5 Å². The standard InChI is InChI=1S/C14H16ClN3O/c1-3-16-9-10-4-5-11(15)8-12(10)13-14(19-2)18-7-6-17-13/h4-8,16H,3,9H2,1-2H3. The Balaban J connectivity index is 2.49. The van der Waals surface area contributed by atoms with Crippen molar-refractivity contribution in [1.82, 2.24) is 15.3 Å². The third kappa shape index (κ3) is 3.22. The van der Waals surface area contributed by atoms with Crippen LogP contribution in [0.15, 0.2) is 30.6 Å². The molecule has 0 aliphatic carbocycles. The molecule has 4 nitrogen and oxygen atoms in total. The van der Waals surface area contributed by atoms with Crippen molar-refractivity contribution in [2.45, 2.75) is 13.5 Å². The molecule has 0 radical (unpaired) electrons. The van der Waals surface area contributed by atoms with Crippen molar-refractivity contribution in [2.75, 3.05) is 13.7 Å². The second-order valence-corrected chi connectivity index (χ2v) is 4.43. The fourth-order valence-corrected chi connectivity index (χ4v) is 2.01. The zero-order valence-corrected chi connectivity index (χ0v) is 11.7. The molecule has 0 unspecified atom stereocenters. The number of rotatable bonds is 5. The van der Waals surface area contributed by atoms with E-state index in [0.717, 1.165) is 24.2 Å². The number of hydrogen-bond acceptors (Lipinski definition) is 4. The van der Waals surface area contributed by atoms with E-state index in [2.05, 4.69) is 22.2 Å². The SMILES string of the molecule is CCNCc1ccc(Cl)cc1-c1nccnc1OC. The Morgan fingerprint density at radius 3 is 2.79 bits per heavy atom. The predicted octanol–water partition coefficient (Wildman–Crippen LogP) is 2.92. The highest BCUT2D eigenvalue weighted by atomic mass is 35.5. The normalized spacial score (nSPS) is 10.5. The molecule has 0 fully saturated rings. The number of methoxy groups -OCH3 is 1. The number of halogens is 1. The minimum absolute atomic E-state index is 0.502. The van der Waals surface area contributed by atoms with Gasteiger partial charge in [0.15, 0.2) is 0 Å². The number of ether oxygens (including phenoxy) is 1. The summed E-state index contributed by atoms with van der Waals surface area (Å²) in [5, 5.41) is 3.97. The van der Waals surface area contributed by atoms with Gasteiger partial charge in [0.1, 0.15) is 5.69 Å². The molecule has 100 valence electrons. The van der Waals surface area contributed by atoms with Crippen LogP contribution in [0.4, 0.5) is 0 Å². The van der Waals surface area contributed by atoms with Crippen LogP contribution in [0.2, 0.25) is 5.02 Å². The number of nitrogens with zero attached hydrogens (tertiary/aromatic N) is 2. The molecule has 2 aromatic rings. The summed E-state index contributed by atoms with van der Waals surface area (Å²) >= 11 is 6.09. The van der Waals surface area contributed by atoms with Gasteiger partial charge in [0.05, 0.1) is 7.11 Å². The van der Waals surface area contributed by atoms with E-state index in [4.69, 9.17) is 16.3 Å². The average Bonchev–Trinajstić information content (AvgIpc) is 2.46. The van der Waals surface area contributed by atoms with Gasteiger partial charge in [0.25, 0.3) is 0 Å². The minimum Gasteiger partial charge on any atom is -0.479 e. The number of hydrogen-bond donors (Lipinski definition) is 1. The Kier molecular flexibility index (Phi) is 4.71. The van der Waals surface area contributed by atoms with Gasteiger partial charge in [-0.3, -0.25) is 0 Å². The van der Waals surface area contributed by atoms with Crippen LogP contribution < -0.4 is 10.1 Å². The summed E-state index contributed by atoms with van der Waals surface area (Å²) in [5.41, 5.74) is 2.77. The lowest BCUT2D eigenvalue weighted by Crippen LogP contribution is -2.12. The Labute approximate surface area is 117 Å². The monoisotopic (exact) mass is 277 g/mol. The fraction of sp³-hybridized carbons (Fsp3) is 0.286. The summed E-state index contributed by atoms with van der Waals surface area (Å²) in [7, 11) is 1.59. The lowest BCUT2D eigenvalue weighted by atomic mass is 10.0.